The minimum Gasteiger partial charge on any atom is -0.354 e. The zero-order valence-electron chi connectivity index (χ0n) is 7.29. The molecule has 1 aromatic rings. The van der Waals surface area contributed by atoms with E-state index in [4.69, 9.17) is 0 Å². The summed E-state index contributed by atoms with van der Waals surface area (Å²) in [4.78, 5) is 11.3. The van der Waals surface area contributed by atoms with Gasteiger partial charge in [-0.15, -0.1) is 0 Å². The molecule has 1 aromatic heterocycles. The molecule has 2 aliphatic rings. The molecule has 1 spiro atoms. The number of nitrogens with one attached hydrogen (secondary N) is 1. The molecule has 1 fully saturated rings. The Hall–Kier alpha value is -1.32. The van der Waals surface area contributed by atoms with Crippen LogP contribution >= 0.6 is 0 Å². The van der Waals surface area contributed by atoms with Crippen molar-refractivity contribution in [1.82, 2.24) is 15.1 Å². The van der Waals surface area contributed by atoms with Gasteiger partial charge in [-0.3, -0.25) is 9.48 Å². The third-order valence-electron chi connectivity index (χ3n) is 3.03. The first-order chi connectivity index (χ1) is 6.30. The highest BCUT2D eigenvalue weighted by Crippen LogP contribution is 2.47. The van der Waals surface area contributed by atoms with Gasteiger partial charge in [-0.25, -0.2) is 0 Å². The molecule has 0 saturated heterocycles. The summed E-state index contributed by atoms with van der Waals surface area (Å²) in [5, 5.41) is 7.09. The van der Waals surface area contributed by atoms with Crippen molar-refractivity contribution >= 4 is 5.91 Å². The van der Waals surface area contributed by atoms with Crippen LogP contribution in [-0.4, -0.2) is 22.2 Å². The fraction of sp³-hybridized carbons (Fsp3) is 0.556. The first-order valence-corrected chi connectivity index (χ1v) is 4.59. The van der Waals surface area contributed by atoms with Gasteiger partial charge in [0.2, 0.25) is 5.91 Å². The fourth-order valence-corrected chi connectivity index (χ4v) is 2.04. The monoisotopic (exact) mass is 177 g/mol. The molecule has 1 aliphatic carbocycles. The van der Waals surface area contributed by atoms with E-state index in [1.165, 1.54) is 18.5 Å². The summed E-state index contributed by atoms with van der Waals surface area (Å²) in [7, 11) is 0. The molecule has 68 valence electrons. The molecular formula is C9H11N3O. The number of hydrogen-bond donors (Lipinski definition) is 1. The second-order valence-electron chi connectivity index (χ2n) is 3.93. The number of rotatable bonds is 0. The third kappa shape index (κ3) is 0.913. The van der Waals surface area contributed by atoms with Crippen molar-refractivity contribution in [1.29, 1.82) is 0 Å². The van der Waals surface area contributed by atoms with Crippen LogP contribution in [0.3, 0.4) is 0 Å². The van der Waals surface area contributed by atoms with E-state index in [0.717, 1.165) is 6.54 Å². The number of carbonyl (C=O) groups excluding carboxylic acids is 1. The molecule has 2 heterocycles. The number of hydrogen-bond acceptors (Lipinski definition) is 2. The highest BCUT2D eigenvalue weighted by atomic mass is 16.2. The zero-order chi connectivity index (χ0) is 8.89. The Morgan fingerprint density at radius 3 is 3.15 bits per heavy atom. The normalized spacial score (nSPS) is 23.5. The molecule has 4 heteroatoms. The molecule has 1 N–H and O–H groups in total. The molecular weight excluding hydrogens is 166 g/mol. The third-order valence-corrected chi connectivity index (χ3v) is 3.03. The van der Waals surface area contributed by atoms with Crippen molar-refractivity contribution in [3.05, 3.63) is 18.0 Å². The first kappa shape index (κ1) is 7.12. The van der Waals surface area contributed by atoms with E-state index in [2.05, 4.69) is 10.4 Å². The molecule has 0 unspecified atom stereocenters. The van der Waals surface area contributed by atoms with Gasteiger partial charge in [-0.2, -0.15) is 5.10 Å². The zero-order valence-corrected chi connectivity index (χ0v) is 7.29. The predicted molar refractivity (Wildman–Crippen MR) is 46.1 cm³/mol. The highest BCUT2D eigenvalue weighted by molar-refractivity contribution is 5.76. The van der Waals surface area contributed by atoms with Crippen LogP contribution in [-0.2, 0) is 16.8 Å². The lowest BCUT2D eigenvalue weighted by molar-refractivity contribution is -0.121. The van der Waals surface area contributed by atoms with Crippen LogP contribution in [0.25, 0.3) is 0 Å². The van der Waals surface area contributed by atoms with E-state index < -0.39 is 0 Å². The SMILES string of the molecule is O=C1Cn2nccc2C2(CC2)CN1. The van der Waals surface area contributed by atoms with Gasteiger partial charge < -0.3 is 5.32 Å². The molecule has 0 radical (unpaired) electrons. The number of carbonyl (C=O) groups is 1. The van der Waals surface area contributed by atoms with E-state index in [1.54, 1.807) is 6.20 Å². The summed E-state index contributed by atoms with van der Waals surface area (Å²) in [5.74, 6) is 0.0775. The van der Waals surface area contributed by atoms with E-state index in [1.807, 2.05) is 10.7 Å². The van der Waals surface area contributed by atoms with Crippen LogP contribution in [0, 0.1) is 0 Å². The lowest BCUT2D eigenvalue weighted by Crippen LogP contribution is -2.29. The van der Waals surface area contributed by atoms with Crippen LogP contribution in [0.15, 0.2) is 12.3 Å². The standard InChI is InChI=1S/C9H11N3O/c13-8-5-12-7(1-4-11-12)9(2-3-9)6-10-8/h1,4H,2-3,5-6H2,(H,10,13). The maximum Gasteiger partial charge on any atom is 0.241 e. The Bertz CT molecular complexity index is 365. The molecule has 4 nitrogen and oxygen atoms in total. The second kappa shape index (κ2) is 2.13. The van der Waals surface area contributed by atoms with E-state index >= 15 is 0 Å². The quantitative estimate of drug-likeness (QED) is 0.608. The summed E-state index contributed by atoms with van der Waals surface area (Å²) in [6, 6.07) is 2.04. The van der Waals surface area contributed by atoms with Crippen molar-refractivity contribution < 1.29 is 4.79 Å². The molecule has 13 heavy (non-hydrogen) atoms. The molecule has 0 aromatic carbocycles. The van der Waals surface area contributed by atoms with Crippen molar-refractivity contribution in [2.45, 2.75) is 24.8 Å². The van der Waals surface area contributed by atoms with Gasteiger partial charge in [-0.1, -0.05) is 0 Å². The first-order valence-electron chi connectivity index (χ1n) is 4.59. The average molecular weight is 177 g/mol. The Kier molecular flexibility index (Phi) is 1.17. The number of amides is 1. The minimum atomic E-state index is 0.0775. The maximum atomic E-state index is 11.3. The summed E-state index contributed by atoms with van der Waals surface area (Å²) < 4.78 is 1.83. The maximum absolute atomic E-state index is 11.3. The summed E-state index contributed by atoms with van der Waals surface area (Å²) in [5.41, 5.74) is 1.45. The molecule has 1 saturated carbocycles. The van der Waals surface area contributed by atoms with Crippen LogP contribution in [0.5, 0.6) is 0 Å². The molecule has 1 aliphatic heterocycles. The average Bonchev–Trinajstić information content (AvgIpc) is 2.80. The number of nitrogens with zero attached hydrogens (tertiary/aromatic N) is 2. The van der Waals surface area contributed by atoms with Crippen LogP contribution in [0.4, 0.5) is 0 Å². The summed E-state index contributed by atoms with van der Waals surface area (Å²) in [6.45, 7) is 1.17. The second-order valence-corrected chi connectivity index (χ2v) is 3.93. The van der Waals surface area contributed by atoms with Crippen molar-refractivity contribution in [2.75, 3.05) is 6.54 Å². The van der Waals surface area contributed by atoms with Crippen LogP contribution < -0.4 is 5.32 Å². The van der Waals surface area contributed by atoms with E-state index in [9.17, 15) is 4.79 Å². The smallest absolute Gasteiger partial charge is 0.241 e. The van der Waals surface area contributed by atoms with Gasteiger partial charge in [-0.05, 0) is 18.9 Å². The minimum absolute atomic E-state index is 0.0775. The van der Waals surface area contributed by atoms with Crippen LogP contribution in [0.2, 0.25) is 0 Å². The Labute approximate surface area is 75.9 Å². The fourth-order valence-electron chi connectivity index (χ4n) is 2.04. The van der Waals surface area contributed by atoms with Crippen molar-refractivity contribution in [3.63, 3.8) is 0 Å². The van der Waals surface area contributed by atoms with Crippen molar-refractivity contribution in [2.24, 2.45) is 0 Å². The van der Waals surface area contributed by atoms with Gasteiger partial charge >= 0.3 is 0 Å². The van der Waals surface area contributed by atoms with Gasteiger partial charge in [0.15, 0.2) is 0 Å². The molecule has 1 amide bonds. The molecule has 0 atom stereocenters. The van der Waals surface area contributed by atoms with Gasteiger partial charge in [0.1, 0.15) is 6.54 Å². The lowest BCUT2D eigenvalue weighted by atomic mass is 10.0. The van der Waals surface area contributed by atoms with Gasteiger partial charge in [0.25, 0.3) is 0 Å². The number of aromatic nitrogens is 2. The summed E-state index contributed by atoms with van der Waals surface area (Å²) in [6.07, 6.45) is 4.14. The lowest BCUT2D eigenvalue weighted by Gasteiger charge is -2.11. The van der Waals surface area contributed by atoms with E-state index in [-0.39, 0.29) is 11.3 Å². The van der Waals surface area contributed by atoms with Gasteiger partial charge in [0.05, 0.1) is 0 Å². The Balaban J connectivity index is 2.10. The molecule has 3 rings (SSSR count). The number of fused-ring (bicyclic) bond motifs is 2. The molecule has 0 bridgehead atoms. The van der Waals surface area contributed by atoms with Crippen molar-refractivity contribution in [3.8, 4) is 0 Å². The topological polar surface area (TPSA) is 46.9 Å². The summed E-state index contributed by atoms with van der Waals surface area (Å²) >= 11 is 0. The Morgan fingerprint density at radius 2 is 2.38 bits per heavy atom. The van der Waals surface area contributed by atoms with E-state index in [0.29, 0.717) is 6.54 Å². The Morgan fingerprint density at radius 1 is 1.54 bits per heavy atom. The predicted octanol–water partition coefficient (Wildman–Crippen LogP) is 0.0445. The largest absolute Gasteiger partial charge is 0.354 e. The highest BCUT2D eigenvalue weighted by Gasteiger charge is 2.48. The van der Waals surface area contributed by atoms with Crippen LogP contribution in [0.1, 0.15) is 18.5 Å². The van der Waals surface area contributed by atoms with Gasteiger partial charge in [0, 0.05) is 23.9 Å².